The Hall–Kier alpha value is -3.28. The van der Waals surface area contributed by atoms with E-state index in [0.29, 0.717) is 39.0 Å². The lowest BCUT2D eigenvalue weighted by Crippen LogP contribution is -2.31. The van der Waals surface area contributed by atoms with Gasteiger partial charge in [0.05, 0.1) is 30.8 Å². The van der Waals surface area contributed by atoms with Crippen LogP contribution in [-0.4, -0.2) is 24.1 Å². The first kappa shape index (κ1) is 27.7. The van der Waals surface area contributed by atoms with Crippen LogP contribution in [0.1, 0.15) is 35.3 Å². The topological polar surface area (TPSA) is 38.8 Å². The molecule has 0 aromatic heterocycles. The molecule has 1 aliphatic rings. The highest BCUT2D eigenvalue weighted by Gasteiger charge is 2.43. The van der Waals surface area contributed by atoms with E-state index in [2.05, 4.69) is 15.9 Å². The van der Waals surface area contributed by atoms with E-state index < -0.39 is 53.1 Å². The number of hydrogen-bond acceptors (Lipinski definition) is 3. The second kappa shape index (κ2) is 10.1. The molecule has 3 aromatic carbocycles. The van der Waals surface area contributed by atoms with Crippen molar-refractivity contribution in [2.24, 2.45) is 0 Å². The van der Waals surface area contributed by atoms with E-state index in [1.807, 2.05) is 0 Å². The molecular weight excluding hydrogens is 587 g/mol. The molecule has 0 radical (unpaired) electrons. The Bertz CT molecular complexity index is 1340. The zero-order chi connectivity index (χ0) is 28.0. The molecule has 0 bridgehead atoms. The fourth-order valence-electron chi connectivity index (χ4n) is 4.33. The van der Waals surface area contributed by atoms with Crippen LogP contribution in [-0.2, 0) is 23.6 Å². The van der Waals surface area contributed by atoms with Gasteiger partial charge in [-0.3, -0.25) is 4.90 Å². The van der Waals surface area contributed by atoms with Crippen molar-refractivity contribution < 1.29 is 45.0 Å². The molecule has 2 atom stereocenters. The molecule has 1 amide bonds. The standard InChI is InChI=1S/C26H19BrF7NO3/c1-13-23(14-7-16(25(29,30)31)10-17(8-14)26(32,33)34)38-24(36)35(13)12-15-9-19(28)4-5-20(15)21-11-18(27)3-6-22(21)37-2/h3-11,13,23H,12H2,1-2H3/t13-,23-/m0/s1. The molecule has 3 aromatic rings. The molecule has 12 heteroatoms. The van der Waals surface area contributed by atoms with Crippen LogP contribution in [0, 0.1) is 5.82 Å². The summed E-state index contributed by atoms with van der Waals surface area (Å²) in [5.41, 5.74) is -2.08. The molecule has 1 fully saturated rings. The first-order chi connectivity index (χ1) is 17.7. The summed E-state index contributed by atoms with van der Waals surface area (Å²) in [5.74, 6) is -0.151. The van der Waals surface area contributed by atoms with Crippen molar-refractivity contribution in [3.63, 3.8) is 0 Å². The summed E-state index contributed by atoms with van der Waals surface area (Å²) in [7, 11) is 1.45. The number of carbonyl (C=O) groups is 1. The average Bonchev–Trinajstić information content (AvgIpc) is 3.11. The van der Waals surface area contributed by atoms with Gasteiger partial charge < -0.3 is 9.47 Å². The number of methoxy groups -OCH3 is 1. The van der Waals surface area contributed by atoms with Gasteiger partial charge in [-0.25, -0.2) is 9.18 Å². The number of ether oxygens (including phenoxy) is 2. The minimum atomic E-state index is -5.05. The second-order valence-electron chi connectivity index (χ2n) is 8.66. The highest BCUT2D eigenvalue weighted by Crippen LogP contribution is 2.42. The SMILES string of the molecule is COc1ccc(Br)cc1-c1ccc(F)cc1CN1C(=O)O[C@H](c2cc(C(F)(F)F)cc(C(F)(F)F)c2)[C@@H]1C. The smallest absolute Gasteiger partial charge is 0.416 e. The molecular formula is C26H19BrF7NO3. The maximum atomic E-state index is 14.3. The van der Waals surface area contributed by atoms with Crippen LogP contribution in [0.5, 0.6) is 5.75 Å². The van der Waals surface area contributed by atoms with Crippen LogP contribution < -0.4 is 4.74 Å². The zero-order valence-corrected chi connectivity index (χ0v) is 21.3. The van der Waals surface area contributed by atoms with Gasteiger partial charge in [-0.15, -0.1) is 0 Å². The molecule has 0 spiro atoms. The van der Waals surface area contributed by atoms with E-state index in [9.17, 15) is 35.5 Å². The normalized spacial score (nSPS) is 18.1. The van der Waals surface area contributed by atoms with Crippen molar-refractivity contribution >= 4 is 22.0 Å². The van der Waals surface area contributed by atoms with Crippen LogP contribution >= 0.6 is 15.9 Å². The number of rotatable bonds is 5. The Balaban J connectivity index is 1.72. The average molecular weight is 606 g/mol. The first-order valence-corrected chi connectivity index (χ1v) is 11.9. The number of hydrogen-bond donors (Lipinski definition) is 0. The summed E-state index contributed by atoms with van der Waals surface area (Å²) in [6.07, 6.45) is -12.5. The number of carbonyl (C=O) groups excluding carboxylic acids is 1. The summed E-state index contributed by atoms with van der Waals surface area (Å²) in [6, 6.07) is 9.14. The van der Waals surface area contributed by atoms with Gasteiger partial charge in [-0.1, -0.05) is 22.0 Å². The number of alkyl halides is 6. The summed E-state index contributed by atoms with van der Waals surface area (Å²) in [5, 5.41) is 0. The van der Waals surface area contributed by atoms with E-state index in [4.69, 9.17) is 9.47 Å². The summed E-state index contributed by atoms with van der Waals surface area (Å²) in [4.78, 5) is 13.9. The molecule has 4 nitrogen and oxygen atoms in total. The molecule has 1 aliphatic heterocycles. The van der Waals surface area contributed by atoms with Gasteiger partial charge in [0.2, 0.25) is 0 Å². The number of halogens is 8. The van der Waals surface area contributed by atoms with Gasteiger partial charge >= 0.3 is 18.4 Å². The van der Waals surface area contributed by atoms with Crippen molar-refractivity contribution in [2.45, 2.75) is 38.0 Å². The van der Waals surface area contributed by atoms with Crippen LogP contribution in [0.4, 0.5) is 35.5 Å². The van der Waals surface area contributed by atoms with Crippen LogP contribution in [0.3, 0.4) is 0 Å². The Morgan fingerprint density at radius 1 is 0.921 bits per heavy atom. The highest BCUT2D eigenvalue weighted by atomic mass is 79.9. The molecule has 202 valence electrons. The molecule has 0 saturated carbocycles. The fourth-order valence-corrected chi connectivity index (χ4v) is 4.69. The second-order valence-corrected chi connectivity index (χ2v) is 9.57. The lowest BCUT2D eigenvalue weighted by Gasteiger charge is -2.24. The number of nitrogens with zero attached hydrogens (tertiary/aromatic N) is 1. The van der Waals surface area contributed by atoms with E-state index in [1.165, 1.54) is 32.2 Å². The van der Waals surface area contributed by atoms with Gasteiger partial charge in [-0.05, 0) is 72.1 Å². The maximum absolute atomic E-state index is 14.3. The Morgan fingerprint density at radius 2 is 1.55 bits per heavy atom. The predicted octanol–water partition coefficient (Wildman–Crippen LogP) is 8.38. The van der Waals surface area contributed by atoms with Crippen molar-refractivity contribution in [1.29, 1.82) is 0 Å². The third-order valence-corrected chi connectivity index (χ3v) is 6.68. The Labute approximate surface area is 221 Å². The lowest BCUT2D eigenvalue weighted by atomic mass is 9.96. The minimum Gasteiger partial charge on any atom is -0.496 e. The number of benzene rings is 3. The third-order valence-electron chi connectivity index (χ3n) is 6.19. The monoisotopic (exact) mass is 605 g/mol. The maximum Gasteiger partial charge on any atom is 0.416 e. The molecule has 38 heavy (non-hydrogen) atoms. The van der Waals surface area contributed by atoms with Crippen molar-refractivity contribution in [3.8, 4) is 16.9 Å². The van der Waals surface area contributed by atoms with Crippen molar-refractivity contribution in [3.05, 3.63) is 87.1 Å². The van der Waals surface area contributed by atoms with Gasteiger partial charge in [0.15, 0.2) is 0 Å². The number of cyclic esters (lactones) is 1. The van der Waals surface area contributed by atoms with Gasteiger partial charge in [-0.2, -0.15) is 26.3 Å². The van der Waals surface area contributed by atoms with Crippen LogP contribution in [0.2, 0.25) is 0 Å². The molecule has 0 unspecified atom stereocenters. The van der Waals surface area contributed by atoms with E-state index in [0.717, 1.165) is 4.90 Å². The van der Waals surface area contributed by atoms with Gasteiger partial charge in [0.25, 0.3) is 0 Å². The van der Waals surface area contributed by atoms with Gasteiger partial charge in [0, 0.05) is 10.0 Å². The summed E-state index contributed by atoms with van der Waals surface area (Å²) >= 11 is 3.37. The van der Waals surface area contributed by atoms with Crippen molar-refractivity contribution in [2.75, 3.05) is 7.11 Å². The Kier molecular flexibility index (Phi) is 7.39. The molecule has 4 rings (SSSR count). The van der Waals surface area contributed by atoms with Crippen LogP contribution in [0.25, 0.3) is 11.1 Å². The van der Waals surface area contributed by atoms with E-state index in [1.54, 1.807) is 18.2 Å². The fraction of sp³-hybridized carbons (Fsp3) is 0.269. The quantitative estimate of drug-likeness (QED) is 0.274. The first-order valence-electron chi connectivity index (χ1n) is 11.1. The van der Waals surface area contributed by atoms with E-state index >= 15 is 0 Å². The van der Waals surface area contributed by atoms with Gasteiger partial charge in [0.1, 0.15) is 17.7 Å². The number of amides is 1. The third kappa shape index (κ3) is 5.59. The predicted molar refractivity (Wildman–Crippen MR) is 127 cm³/mol. The highest BCUT2D eigenvalue weighted by molar-refractivity contribution is 9.10. The molecule has 0 N–H and O–H groups in total. The molecule has 0 aliphatic carbocycles. The summed E-state index contributed by atoms with van der Waals surface area (Å²) in [6.45, 7) is 1.20. The minimum absolute atomic E-state index is 0.00705. The largest absolute Gasteiger partial charge is 0.496 e. The van der Waals surface area contributed by atoms with Crippen LogP contribution in [0.15, 0.2) is 59.1 Å². The molecule has 1 saturated heterocycles. The van der Waals surface area contributed by atoms with E-state index in [-0.39, 0.29) is 12.6 Å². The zero-order valence-electron chi connectivity index (χ0n) is 19.8. The van der Waals surface area contributed by atoms with Crippen molar-refractivity contribution in [1.82, 2.24) is 4.90 Å². The lowest BCUT2D eigenvalue weighted by molar-refractivity contribution is -0.143. The molecule has 1 heterocycles. The summed E-state index contributed by atoms with van der Waals surface area (Å²) < 4.78 is 106. The Morgan fingerprint density at radius 3 is 2.13 bits per heavy atom.